The summed E-state index contributed by atoms with van der Waals surface area (Å²) in [5.41, 5.74) is 2.02. The van der Waals surface area contributed by atoms with Crippen molar-refractivity contribution in [2.45, 2.75) is 12.8 Å². The van der Waals surface area contributed by atoms with Crippen LogP contribution in [0.15, 0.2) is 36.9 Å². The first-order chi connectivity index (χ1) is 9.84. The predicted octanol–water partition coefficient (Wildman–Crippen LogP) is 2.94. The standard InChI is InChI=1S/C15H19ClN4/c16-13-4-1-5-14(15(13)20-8-7-18-11-20)19-10-12-3-2-6-17-9-12/h1,4-5,7-8,11-12,17,19H,2-3,6,9-10H2. The first-order valence-corrected chi connectivity index (χ1v) is 7.44. The van der Waals surface area contributed by atoms with Gasteiger partial charge in [0.2, 0.25) is 0 Å². The van der Waals surface area contributed by atoms with E-state index < -0.39 is 0 Å². The number of hydrogen-bond donors (Lipinski definition) is 2. The maximum Gasteiger partial charge on any atom is 0.0992 e. The van der Waals surface area contributed by atoms with Crippen molar-refractivity contribution in [3.63, 3.8) is 0 Å². The monoisotopic (exact) mass is 290 g/mol. The van der Waals surface area contributed by atoms with Gasteiger partial charge in [-0.15, -0.1) is 0 Å². The van der Waals surface area contributed by atoms with Gasteiger partial charge in [-0.25, -0.2) is 4.98 Å². The summed E-state index contributed by atoms with van der Waals surface area (Å²) in [4.78, 5) is 4.10. The molecule has 1 aromatic heterocycles. The molecule has 0 radical (unpaired) electrons. The minimum atomic E-state index is 0.679. The largest absolute Gasteiger partial charge is 0.383 e. The van der Waals surface area contributed by atoms with E-state index in [1.807, 2.05) is 22.9 Å². The third-order valence-electron chi connectivity index (χ3n) is 3.73. The van der Waals surface area contributed by atoms with Crippen LogP contribution >= 0.6 is 11.6 Å². The molecule has 1 aliphatic rings. The number of aromatic nitrogens is 2. The number of benzene rings is 1. The summed E-state index contributed by atoms with van der Waals surface area (Å²) in [6, 6.07) is 5.95. The lowest BCUT2D eigenvalue weighted by atomic mass is 9.99. The fourth-order valence-corrected chi connectivity index (χ4v) is 2.94. The molecule has 2 aromatic rings. The number of piperidine rings is 1. The van der Waals surface area contributed by atoms with Crippen LogP contribution in [0.2, 0.25) is 5.02 Å². The number of imidazole rings is 1. The van der Waals surface area contributed by atoms with Gasteiger partial charge < -0.3 is 15.2 Å². The molecule has 1 atom stereocenters. The number of halogens is 1. The van der Waals surface area contributed by atoms with Gasteiger partial charge in [-0.2, -0.15) is 0 Å². The average Bonchev–Trinajstić information content (AvgIpc) is 3.00. The summed E-state index contributed by atoms with van der Waals surface area (Å²) in [7, 11) is 0. The van der Waals surface area contributed by atoms with Crippen LogP contribution in [0.3, 0.4) is 0 Å². The van der Waals surface area contributed by atoms with Gasteiger partial charge in [0, 0.05) is 18.9 Å². The van der Waals surface area contributed by atoms with Crippen molar-refractivity contribution < 1.29 is 0 Å². The van der Waals surface area contributed by atoms with Crippen LogP contribution in [0.25, 0.3) is 5.69 Å². The van der Waals surface area contributed by atoms with Crippen LogP contribution < -0.4 is 10.6 Å². The second-order valence-electron chi connectivity index (χ2n) is 5.20. The van der Waals surface area contributed by atoms with E-state index in [9.17, 15) is 0 Å². The molecule has 0 aliphatic carbocycles. The summed E-state index contributed by atoms with van der Waals surface area (Å²) < 4.78 is 1.95. The van der Waals surface area contributed by atoms with Gasteiger partial charge in [0.15, 0.2) is 0 Å². The summed E-state index contributed by atoms with van der Waals surface area (Å²) in [6.07, 6.45) is 7.98. The molecule has 0 bridgehead atoms. The third-order valence-corrected chi connectivity index (χ3v) is 4.03. The van der Waals surface area contributed by atoms with Crippen LogP contribution in [0.4, 0.5) is 5.69 Å². The normalized spacial score (nSPS) is 18.9. The molecule has 0 spiro atoms. The Labute approximate surface area is 124 Å². The zero-order valence-electron chi connectivity index (χ0n) is 11.3. The van der Waals surface area contributed by atoms with E-state index in [-0.39, 0.29) is 0 Å². The molecule has 4 nitrogen and oxygen atoms in total. The molecule has 1 aromatic carbocycles. The molecular weight excluding hydrogens is 272 g/mol. The van der Waals surface area contributed by atoms with Crippen LogP contribution in [-0.2, 0) is 0 Å². The van der Waals surface area contributed by atoms with Gasteiger partial charge in [-0.3, -0.25) is 0 Å². The number of nitrogens with zero attached hydrogens (tertiary/aromatic N) is 2. The number of anilines is 1. The highest BCUT2D eigenvalue weighted by atomic mass is 35.5. The van der Waals surface area contributed by atoms with E-state index in [4.69, 9.17) is 11.6 Å². The number of rotatable bonds is 4. The van der Waals surface area contributed by atoms with Crippen molar-refractivity contribution in [3.05, 3.63) is 41.9 Å². The lowest BCUT2D eigenvalue weighted by Crippen LogP contribution is -2.33. The Morgan fingerprint density at radius 2 is 2.40 bits per heavy atom. The molecule has 2 N–H and O–H groups in total. The fourth-order valence-electron chi connectivity index (χ4n) is 2.66. The minimum Gasteiger partial charge on any atom is -0.383 e. The van der Waals surface area contributed by atoms with Crippen molar-refractivity contribution in [2.24, 2.45) is 5.92 Å². The Bertz CT molecular complexity index is 547. The fraction of sp³-hybridized carbons (Fsp3) is 0.400. The predicted molar refractivity (Wildman–Crippen MR) is 82.7 cm³/mol. The minimum absolute atomic E-state index is 0.679. The van der Waals surface area contributed by atoms with Gasteiger partial charge in [0.1, 0.15) is 0 Å². The summed E-state index contributed by atoms with van der Waals surface area (Å²) >= 11 is 6.34. The highest BCUT2D eigenvalue weighted by Crippen LogP contribution is 2.28. The van der Waals surface area contributed by atoms with Crippen LogP contribution in [0.5, 0.6) is 0 Å². The van der Waals surface area contributed by atoms with E-state index >= 15 is 0 Å². The summed E-state index contributed by atoms with van der Waals surface area (Å²) in [6.45, 7) is 3.21. The Hall–Kier alpha value is -1.52. The van der Waals surface area contributed by atoms with Gasteiger partial charge in [-0.1, -0.05) is 17.7 Å². The lowest BCUT2D eigenvalue weighted by molar-refractivity contribution is 0.393. The van der Waals surface area contributed by atoms with Gasteiger partial charge in [0.25, 0.3) is 0 Å². The maximum atomic E-state index is 6.34. The zero-order valence-corrected chi connectivity index (χ0v) is 12.1. The second-order valence-corrected chi connectivity index (χ2v) is 5.61. The summed E-state index contributed by atoms with van der Waals surface area (Å²) in [5, 5.41) is 7.71. The number of nitrogens with one attached hydrogen (secondary N) is 2. The summed E-state index contributed by atoms with van der Waals surface area (Å²) in [5.74, 6) is 0.679. The van der Waals surface area contributed by atoms with Crippen molar-refractivity contribution in [1.82, 2.24) is 14.9 Å². The number of hydrogen-bond acceptors (Lipinski definition) is 3. The van der Waals surface area contributed by atoms with E-state index in [0.29, 0.717) is 5.92 Å². The van der Waals surface area contributed by atoms with E-state index in [1.165, 1.54) is 12.8 Å². The number of para-hydroxylation sites is 1. The zero-order chi connectivity index (χ0) is 13.8. The molecule has 106 valence electrons. The molecule has 1 aliphatic heterocycles. The molecule has 1 saturated heterocycles. The van der Waals surface area contributed by atoms with Gasteiger partial charge >= 0.3 is 0 Å². The Morgan fingerprint density at radius 1 is 1.45 bits per heavy atom. The highest BCUT2D eigenvalue weighted by molar-refractivity contribution is 6.33. The molecule has 2 heterocycles. The van der Waals surface area contributed by atoms with Gasteiger partial charge in [-0.05, 0) is 44.0 Å². The van der Waals surface area contributed by atoms with E-state index in [1.54, 1.807) is 12.5 Å². The molecular formula is C15H19ClN4. The maximum absolute atomic E-state index is 6.34. The topological polar surface area (TPSA) is 41.9 Å². The second kappa shape index (κ2) is 6.29. The Balaban J connectivity index is 1.77. The molecule has 0 amide bonds. The quantitative estimate of drug-likeness (QED) is 0.910. The van der Waals surface area contributed by atoms with Crippen LogP contribution in [0.1, 0.15) is 12.8 Å². The van der Waals surface area contributed by atoms with Crippen LogP contribution in [0, 0.1) is 5.92 Å². The molecule has 0 saturated carbocycles. The SMILES string of the molecule is Clc1cccc(NCC2CCCNC2)c1-n1ccnc1. The highest BCUT2D eigenvalue weighted by Gasteiger charge is 2.14. The Morgan fingerprint density at radius 3 is 3.15 bits per heavy atom. The van der Waals surface area contributed by atoms with Gasteiger partial charge in [0.05, 0.1) is 22.7 Å². The van der Waals surface area contributed by atoms with Crippen molar-refractivity contribution in [2.75, 3.05) is 25.0 Å². The molecule has 5 heteroatoms. The third kappa shape index (κ3) is 2.97. The van der Waals surface area contributed by atoms with E-state index in [0.717, 1.165) is 36.0 Å². The Kier molecular flexibility index (Phi) is 4.23. The molecule has 20 heavy (non-hydrogen) atoms. The van der Waals surface area contributed by atoms with Crippen LogP contribution in [-0.4, -0.2) is 29.2 Å². The molecule has 1 fully saturated rings. The average molecular weight is 291 g/mol. The lowest BCUT2D eigenvalue weighted by Gasteiger charge is -2.24. The van der Waals surface area contributed by atoms with E-state index in [2.05, 4.69) is 21.7 Å². The van der Waals surface area contributed by atoms with Crippen molar-refractivity contribution >= 4 is 17.3 Å². The molecule has 1 unspecified atom stereocenters. The molecule has 3 rings (SSSR count). The van der Waals surface area contributed by atoms with Crippen molar-refractivity contribution in [1.29, 1.82) is 0 Å². The smallest absolute Gasteiger partial charge is 0.0992 e. The van der Waals surface area contributed by atoms with Crippen molar-refractivity contribution in [3.8, 4) is 5.69 Å². The first-order valence-electron chi connectivity index (χ1n) is 7.06. The first kappa shape index (κ1) is 13.5.